The number of carbonyl (C=O) groups is 1. The molecule has 0 fully saturated rings. The molecule has 0 aromatic heterocycles. The Bertz CT molecular complexity index is 539. The first-order chi connectivity index (χ1) is 9.88. The van der Waals surface area contributed by atoms with Crippen molar-refractivity contribution in [2.75, 3.05) is 6.61 Å². The second kappa shape index (κ2) is 7.87. The molecule has 0 unspecified atom stereocenters. The number of nitro benzene ring substituents is 1. The molecular formula is C12H12BrF2NO5. The summed E-state index contributed by atoms with van der Waals surface area (Å²) in [4.78, 5) is 21.8. The van der Waals surface area contributed by atoms with Crippen LogP contribution >= 0.6 is 15.9 Å². The van der Waals surface area contributed by atoms with Gasteiger partial charge in [0.1, 0.15) is 5.75 Å². The molecule has 1 aromatic rings. The molecule has 116 valence electrons. The van der Waals surface area contributed by atoms with Gasteiger partial charge in [-0.25, -0.2) is 0 Å². The lowest BCUT2D eigenvalue weighted by Gasteiger charge is -2.11. The standard InChI is InChI=1S/C12H12BrF2NO5/c1-2-20-11(17)5-7-4-10(21-12(14)15)8(6-13)3-9(7)16(18)19/h3-4,12H,2,5-6H2,1H3. The summed E-state index contributed by atoms with van der Waals surface area (Å²) in [6.45, 7) is -1.36. The smallest absolute Gasteiger partial charge is 0.387 e. The molecule has 0 saturated carbocycles. The fourth-order valence-electron chi connectivity index (χ4n) is 1.64. The van der Waals surface area contributed by atoms with Gasteiger partial charge in [-0.05, 0) is 13.0 Å². The van der Waals surface area contributed by atoms with E-state index in [1.807, 2.05) is 0 Å². The number of halogens is 3. The topological polar surface area (TPSA) is 78.7 Å². The third-order valence-corrected chi connectivity index (χ3v) is 3.06. The molecule has 0 heterocycles. The zero-order valence-electron chi connectivity index (χ0n) is 11.0. The quantitative estimate of drug-likeness (QED) is 0.320. The molecule has 6 nitrogen and oxygen atoms in total. The zero-order chi connectivity index (χ0) is 16.0. The average Bonchev–Trinajstić information content (AvgIpc) is 2.38. The molecule has 1 aromatic carbocycles. The molecule has 9 heteroatoms. The van der Waals surface area contributed by atoms with E-state index in [2.05, 4.69) is 20.7 Å². The van der Waals surface area contributed by atoms with Crippen molar-refractivity contribution in [3.8, 4) is 5.75 Å². The predicted octanol–water partition coefficient (Wildman–Crippen LogP) is 3.20. The minimum atomic E-state index is -3.07. The number of nitro groups is 1. The van der Waals surface area contributed by atoms with Crippen molar-refractivity contribution in [1.29, 1.82) is 0 Å². The Labute approximate surface area is 127 Å². The number of hydrogen-bond acceptors (Lipinski definition) is 5. The lowest BCUT2D eigenvalue weighted by atomic mass is 10.1. The highest BCUT2D eigenvalue weighted by Crippen LogP contribution is 2.32. The number of alkyl halides is 3. The molecule has 0 amide bonds. The summed E-state index contributed by atoms with van der Waals surface area (Å²) in [5, 5.41) is 11.1. The van der Waals surface area contributed by atoms with Gasteiger partial charge in [-0.2, -0.15) is 8.78 Å². The number of rotatable bonds is 7. The predicted molar refractivity (Wildman–Crippen MR) is 72.7 cm³/mol. The van der Waals surface area contributed by atoms with E-state index in [-0.39, 0.29) is 34.5 Å². The molecule has 0 aliphatic heterocycles. The molecule has 0 spiro atoms. The van der Waals surface area contributed by atoms with Crippen molar-refractivity contribution in [3.63, 3.8) is 0 Å². The van der Waals surface area contributed by atoms with Gasteiger partial charge in [-0.15, -0.1) is 0 Å². The van der Waals surface area contributed by atoms with Crippen LogP contribution in [-0.4, -0.2) is 24.1 Å². The second-order valence-corrected chi connectivity index (χ2v) is 4.40. The fraction of sp³-hybridized carbons (Fsp3) is 0.417. The van der Waals surface area contributed by atoms with E-state index >= 15 is 0 Å². The molecule has 0 aliphatic rings. The Morgan fingerprint density at radius 2 is 2.10 bits per heavy atom. The van der Waals surface area contributed by atoms with Gasteiger partial charge in [0, 0.05) is 22.5 Å². The number of hydrogen-bond donors (Lipinski definition) is 0. The average molecular weight is 368 g/mol. The summed E-state index contributed by atoms with van der Waals surface area (Å²) in [6, 6.07) is 2.17. The van der Waals surface area contributed by atoms with Gasteiger partial charge in [0.05, 0.1) is 18.0 Å². The van der Waals surface area contributed by atoms with E-state index in [1.165, 1.54) is 0 Å². The summed E-state index contributed by atoms with van der Waals surface area (Å²) in [6.07, 6.45) is -0.397. The van der Waals surface area contributed by atoms with Gasteiger partial charge in [-0.1, -0.05) is 15.9 Å². The Balaban J connectivity index is 3.24. The van der Waals surface area contributed by atoms with Crippen molar-refractivity contribution >= 4 is 27.6 Å². The van der Waals surface area contributed by atoms with Crippen LogP contribution in [0.25, 0.3) is 0 Å². The lowest BCUT2D eigenvalue weighted by Crippen LogP contribution is -2.11. The van der Waals surface area contributed by atoms with E-state index in [4.69, 9.17) is 4.74 Å². The van der Waals surface area contributed by atoms with E-state index in [9.17, 15) is 23.7 Å². The first-order valence-corrected chi connectivity index (χ1v) is 6.97. The Kier molecular flexibility index (Phi) is 6.47. The maximum atomic E-state index is 12.3. The summed E-state index contributed by atoms with van der Waals surface area (Å²) in [5.74, 6) is -0.901. The van der Waals surface area contributed by atoms with Crippen LogP contribution in [0.4, 0.5) is 14.5 Å². The van der Waals surface area contributed by atoms with E-state index in [0.29, 0.717) is 0 Å². The van der Waals surface area contributed by atoms with Gasteiger partial charge < -0.3 is 9.47 Å². The minimum Gasteiger partial charge on any atom is -0.466 e. The van der Waals surface area contributed by atoms with Crippen LogP contribution in [0.5, 0.6) is 5.75 Å². The highest BCUT2D eigenvalue weighted by atomic mass is 79.9. The van der Waals surface area contributed by atoms with E-state index in [1.54, 1.807) is 6.92 Å². The van der Waals surface area contributed by atoms with Crippen LogP contribution < -0.4 is 4.74 Å². The van der Waals surface area contributed by atoms with Crippen LogP contribution in [0.3, 0.4) is 0 Å². The summed E-state index contributed by atoms with van der Waals surface area (Å²) >= 11 is 3.04. The summed E-state index contributed by atoms with van der Waals surface area (Å²) in [7, 11) is 0. The first-order valence-electron chi connectivity index (χ1n) is 5.85. The largest absolute Gasteiger partial charge is 0.466 e. The second-order valence-electron chi connectivity index (χ2n) is 3.84. The third kappa shape index (κ3) is 4.92. The zero-order valence-corrected chi connectivity index (χ0v) is 12.6. The molecule has 21 heavy (non-hydrogen) atoms. The van der Waals surface area contributed by atoms with Crippen molar-refractivity contribution in [2.24, 2.45) is 0 Å². The SMILES string of the molecule is CCOC(=O)Cc1cc(OC(F)F)c(CBr)cc1[N+](=O)[O-]. The van der Waals surface area contributed by atoms with Crippen molar-refractivity contribution in [2.45, 2.75) is 25.3 Å². The van der Waals surface area contributed by atoms with Gasteiger partial charge in [0.25, 0.3) is 5.69 Å². The van der Waals surface area contributed by atoms with Crippen LogP contribution in [0.2, 0.25) is 0 Å². The Morgan fingerprint density at radius 3 is 2.57 bits per heavy atom. The number of esters is 1. The number of ether oxygens (including phenoxy) is 2. The monoisotopic (exact) mass is 367 g/mol. The maximum absolute atomic E-state index is 12.3. The molecule has 0 saturated heterocycles. The van der Waals surface area contributed by atoms with Gasteiger partial charge >= 0.3 is 12.6 Å². The summed E-state index contributed by atoms with van der Waals surface area (Å²) in [5.41, 5.74) is -0.201. The number of carbonyl (C=O) groups excluding carboxylic acids is 1. The lowest BCUT2D eigenvalue weighted by molar-refractivity contribution is -0.385. The fourth-order valence-corrected chi connectivity index (χ4v) is 2.08. The van der Waals surface area contributed by atoms with Crippen LogP contribution in [0, 0.1) is 10.1 Å². The third-order valence-electron chi connectivity index (χ3n) is 2.46. The molecule has 1 rings (SSSR count). The summed E-state index contributed by atoms with van der Waals surface area (Å²) < 4.78 is 33.7. The molecule has 0 aliphatic carbocycles. The Morgan fingerprint density at radius 1 is 1.43 bits per heavy atom. The van der Waals surface area contributed by atoms with Gasteiger partial charge in [0.2, 0.25) is 0 Å². The molecule has 0 radical (unpaired) electrons. The van der Waals surface area contributed by atoms with Crippen molar-refractivity contribution in [3.05, 3.63) is 33.4 Å². The van der Waals surface area contributed by atoms with Crippen LogP contribution in [0.15, 0.2) is 12.1 Å². The maximum Gasteiger partial charge on any atom is 0.387 e. The van der Waals surface area contributed by atoms with Gasteiger partial charge in [0.15, 0.2) is 0 Å². The molecule has 0 N–H and O–H groups in total. The van der Waals surface area contributed by atoms with Crippen LogP contribution in [0.1, 0.15) is 18.1 Å². The first kappa shape index (κ1) is 17.3. The van der Waals surface area contributed by atoms with E-state index < -0.39 is 23.9 Å². The highest BCUT2D eigenvalue weighted by Gasteiger charge is 2.22. The highest BCUT2D eigenvalue weighted by molar-refractivity contribution is 9.08. The van der Waals surface area contributed by atoms with Gasteiger partial charge in [-0.3, -0.25) is 14.9 Å². The van der Waals surface area contributed by atoms with Crippen molar-refractivity contribution in [1.82, 2.24) is 0 Å². The van der Waals surface area contributed by atoms with E-state index in [0.717, 1.165) is 12.1 Å². The number of nitrogens with zero attached hydrogens (tertiary/aromatic N) is 1. The molecule has 0 atom stereocenters. The normalized spacial score (nSPS) is 10.5. The minimum absolute atomic E-state index is 0.0428. The van der Waals surface area contributed by atoms with Crippen LogP contribution in [-0.2, 0) is 21.3 Å². The van der Waals surface area contributed by atoms with Crippen molar-refractivity contribution < 1.29 is 28.0 Å². The number of benzene rings is 1. The Hall–Kier alpha value is -1.77. The molecular weight excluding hydrogens is 356 g/mol. The molecule has 0 bridgehead atoms.